The summed E-state index contributed by atoms with van der Waals surface area (Å²) in [5, 5.41) is 10.0. The Morgan fingerprint density at radius 2 is 2.00 bits per heavy atom. The zero-order valence-electron chi connectivity index (χ0n) is 13.3. The Morgan fingerprint density at radius 3 is 2.64 bits per heavy atom. The van der Waals surface area contributed by atoms with Crippen LogP contribution in [0.3, 0.4) is 0 Å². The Morgan fingerprint density at radius 1 is 1.20 bits per heavy atom. The number of hydrogen-bond acceptors (Lipinski definition) is 7. The van der Waals surface area contributed by atoms with Gasteiger partial charge in [0.25, 0.3) is 5.91 Å². The molecule has 1 atom stereocenters. The van der Waals surface area contributed by atoms with Crippen LogP contribution in [0.4, 0.5) is 0 Å². The molecule has 25 heavy (non-hydrogen) atoms. The highest BCUT2D eigenvalue weighted by Crippen LogP contribution is 2.17. The number of furan rings is 1. The van der Waals surface area contributed by atoms with Gasteiger partial charge in [-0.2, -0.15) is 0 Å². The van der Waals surface area contributed by atoms with E-state index in [9.17, 15) is 9.59 Å². The van der Waals surface area contributed by atoms with Crippen LogP contribution < -0.4 is 5.32 Å². The lowest BCUT2D eigenvalue weighted by atomic mass is 10.1. The summed E-state index contributed by atoms with van der Waals surface area (Å²) in [5.41, 5.74) is 0.995. The molecule has 1 amide bonds. The molecule has 8 nitrogen and oxygen atoms in total. The van der Waals surface area contributed by atoms with Crippen LogP contribution in [0.2, 0.25) is 0 Å². The molecule has 1 N–H and O–H groups in total. The normalized spacial score (nSPS) is 11.7. The van der Waals surface area contributed by atoms with Crippen molar-refractivity contribution in [2.24, 2.45) is 0 Å². The van der Waals surface area contributed by atoms with Gasteiger partial charge in [-0.1, -0.05) is 0 Å². The highest BCUT2D eigenvalue weighted by Gasteiger charge is 2.15. The molecule has 1 aromatic carbocycles. The lowest BCUT2D eigenvalue weighted by Crippen LogP contribution is -2.30. The number of rotatable bonds is 6. The van der Waals surface area contributed by atoms with E-state index in [0.717, 1.165) is 0 Å². The highest BCUT2D eigenvalue weighted by atomic mass is 16.5. The molecule has 0 aliphatic rings. The quantitative estimate of drug-likeness (QED) is 0.686. The summed E-state index contributed by atoms with van der Waals surface area (Å²) in [7, 11) is 0. The van der Waals surface area contributed by atoms with E-state index in [0.29, 0.717) is 22.8 Å². The molecule has 0 radical (unpaired) electrons. The van der Waals surface area contributed by atoms with E-state index in [1.54, 1.807) is 43.3 Å². The zero-order valence-corrected chi connectivity index (χ0v) is 13.3. The highest BCUT2D eigenvalue weighted by molar-refractivity contribution is 5.91. The minimum absolute atomic E-state index is 0.310. The Labute approximate surface area is 142 Å². The van der Waals surface area contributed by atoms with Gasteiger partial charge in [0.1, 0.15) is 5.76 Å². The molecule has 3 rings (SSSR count). The lowest BCUT2D eigenvalue weighted by molar-refractivity contribution is -0.125. The first-order valence-electron chi connectivity index (χ1n) is 7.50. The minimum atomic E-state index is -0.599. The molecule has 0 spiro atoms. The maximum Gasteiger partial charge on any atom is 0.338 e. The summed E-state index contributed by atoms with van der Waals surface area (Å²) in [5.74, 6) is -0.0416. The molecule has 0 aliphatic carbocycles. The van der Waals surface area contributed by atoms with Crippen molar-refractivity contribution in [3.05, 3.63) is 60.4 Å². The summed E-state index contributed by atoms with van der Waals surface area (Å²) in [4.78, 5) is 23.8. The molecular weight excluding hydrogens is 326 g/mol. The number of nitrogens with one attached hydrogen (secondary N) is 1. The largest absolute Gasteiger partial charge is 0.467 e. The van der Waals surface area contributed by atoms with Crippen LogP contribution in [-0.4, -0.2) is 28.7 Å². The standard InChI is InChI=1S/C17H15N3O5/c1-11(14-3-2-8-23-14)19-15(21)9-24-17(22)13-6-4-12(5-7-13)16-20-18-10-25-16/h2-8,10-11H,9H2,1H3,(H,19,21)/t11-/m0/s1. The third-order valence-corrected chi connectivity index (χ3v) is 3.41. The van der Waals surface area contributed by atoms with Gasteiger partial charge >= 0.3 is 5.97 Å². The van der Waals surface area contributed by atoms with E-state index in [1.807, 2.05) is 0 Å². The van der Waals surface area contributed by atoms with Crippen LogP contribution in [-0.2, 0) is 9.53 Å². The van der Waals surface area contributed by atoms with Crippen molar-refractivity contribution in [1.82, 2.24) is 15.5 Å². The Balaban J connectivity index is 1.51. The molecule has 3 aromatic rings. The van der Waals surface area contributed by atoms with E-state index in [1.165, 1.54) is 12.7 Å². The number of hydrogen-bond donors (Lipinski definition) is 1. The van der Waals surface area contributed by atoms with E-state index in [2.05, 4.69) is 15.5 Å². The van der Waals surface area contributed by atoms with Crippen LogP contribution in [0.25, 0.3) is 11.5 Å². The second-order valence-electron chi connectivity index (χ2n) is 5.20. The number of esters is 1. The predicted octanol–water partition coefficient (Wildman–Crippen LogP) is 2.36. The van der Waals surface area contributed by atoms with Gasteiger partial charge < -0.3 is 18.9 Å². The maximum atomic E-state index is 12.0. The molecule has 0 saturated heterocycles. The van der Waals surface area contributed by atoms with Gasteiger partial charge in [-0.25, -0.2) is 4.79 Å². The first-order chi connectivity index (χ1) is 12.1. The minimum Gasteiger partial charge on any atom is -0.467 e. The summed E-state index contributed by atoms with van der Waals surface area (Å²) >= 11 is 0. The topological polar surface area (TPSA) is 107 Å². The first kappa shape index (κ1) is 16.4. The molecule has 8 heteroatoms. The fourth-order valence-corrected chi connectivity index (χ4v) is 2.15. The van der Waals surface area contributed by atoms with E-state index < -0.39 is 11.9 Å². The summed E-state index contributed by atoms with van der Waals surface area (Å²) in [6.45, 7) is 1.39. The predicted molar refractivity (Wildman–Crippen MR) is 85.3 cm³/mol. The average molecular weight is 341 g/mol. The molecule has 2 aromatic heterocycles. The van der Waals surface area contributed by atoms with Gasteiger partial charge in [0.15, 0.2) is 6.61 Å². The number of aromatic nitrogens is 2. The van der Waals surface area contributed by atoms with Gasteiger partial charge in [0.05, 0.1) is 17.9 Å². The second kappa shape index (κ2) is 7.43. The molecule has 0 saturated carbocycles. The molecule has 128 valence electrons. The molecule has 2 heterocycles. The van der Waals surface area contributed by atoms with Crippen LogP contribution in [0.5, 0.6) is 0 Å². The Bertz CT molecular complexity index is 826. The third kappa shape index (κ3) is 4.11. The smallest absolute Gasteiger partial charge is 0.338 e. The number of amides is 1. The van der Waals surface area contributed by atoms with Crippen molar-refractivity contribution >= 4 is 11.9 Å². The van der Waals surface area contributed by atoms with Crippen molar-refractivity contribution in [2.75, 3.05) is 6.61 Å². The zero-order chi connectivity index (χ0) is 17.6. The third-order valence-electron chi connectivity index (χ3n) is 3.41. The average Bonchev–Trinajstić information content (AvgIpc) is 3.33. The van der Waals surface area contributed by atoms with Crippen molar-refractivity contribution in [3.8, 4) is 11.5 Å². The van der Waals surface area contributed by atoms with Crippen molar-refractivity contribution in [3.63, 3.8) is 0 Å². The number of benzene rings is 1. The SMILES string of the molecule is C[C@H](NC(=O)COC(=O)c1ccc(-c2nnco2)cc1)c1ccco1. The van der Waals surface area contributed by atoms with Crippen molar-refractivity contribution in [1.29, 1.82) is 0 Å². The first-order valence-corrected chi connectivity index (χ1v) is 7.50. The molecule has 0 bridgehead atoms. The Kier molecular flexibility index (Phi) is 4.89. The van der Waals surface area contributed by atoms with Gasteiger partial charge in [-0.05, 0) is 43.3 Å². The molecule has 0 unspecified atom stereocenters. The monoisotopic (exact) mass is 341 g/mol. The number of ether oxygens (including phenoxy) is 1. The van der Waals surface area contributed by atoms with Crippen molar-refractivity contribution < 1.29 is 23.2 Å². The summed E-state index contributed by atoms with van der Waals surface area (Å²) in [6.07, 6.45) is 2.75. The van der Waals surface area contributed by atoms with E-state index in [-0.39, 0.29) is 12.6 Å². The summed E-state index contributed by atoms with van der Waals surface area (Å²) < 4.78 is 15.3. The summed E-state index contributed by atoms with van der Waals surface area (Å²) in [6, 6.07) is 9.61. The number of carbonyl (C=O) groups is 2. The van der Waals surface area contributed by atoms with Gasteiger partial charge in [-0.3, -0.25) is 4.79 Å². The van der Waals surface area contributed by atoms with Crippen LogP contribution >= 0.6 is 0 Å². The fraction of sp³-hybridized carbons (Fsp3) is 0.176. The van der Waals surface area contributed by atoms with E-state index in [4.69, 9.17) is 13.6 Å². The van der Waals surface area contributed by atoms with Gasteiger partial charge in [0.2, 0.25) is 12.3 Å². The molecule has 0 fully saturated rings. The van der Waals surface area contributed by atoms with Crippen LogP contribution in [0, 0.1) is 0 Å². The second-order valence-corrected chi connectivity index (χ2v) is 5.20. The van der Waals surface area contributed by atoms with Crippen LogP contribution in [0.15, 0.2) is 57.9 Å². The maximum absolute atomic E-state index is 12.0. The van der Waals surface area contributed by atoms with Gasteiger partial charge in [-0.15, -0.1) is 10.2 Å². The number of nitrogens with zero attached hydrogens (tertiary/aromatic N) is 2. The van der Waals surface area contributed by atoms with Crippen molar-refractivity contribution in [2.45, 2.75) is 13.0 Å². The molecule has 0 aliphatic heterocycles. The molecular formula is C17H15N3O5. The van der Waals surface area contributed by atoms with Crippen LogP contribution in [0.1, 0.15) is 29.1 Å². The van der Waals surface area contributed by atoms with E-state index >= 15 is 0 Å². The fourth-order valence-electron chi connectivity index (χ4n) is 2.15. The Hall–Kier alpha value is -3.42. The lowest BCUT2D eigenvalue weighted by Gasteiger charge is -2.11. The van der Waals surface area contributed by atoms with Gasteiger partial charge in [0, 0.05) is 5.56 Å². The number of carbonyl (C=O) groups excluding carboxylic acids is 2.